The topological polar surface area (TPSA) is 41.9 Å². The molecule has 0 amide bonds. The fourth-order valence-electron chi connectivity index (χ4n) is 3.92. The van der Waals surface area contributed by atoms with Crippen molar-refractivity contribution in [2.24, 2.45) is 0 Å². The molecule has 4 rings (SSSR count). The minimum atomic E-state index is 0.101. The first-order valence-electron chi connectivity index (χ1n) is 10.00. The van der Waals surface area contributed by atoms with E-state index in [-0.39, 0.29) is 17.6 Å². The van der Waals surface area contributed by atoms with Crippen molar-refractivity contribution in [2.45, 2.75) is 11.8 Å². The summed E-state index contributed by atoms with van der Waals surface area (Å²) < 4.78 is 11.9. The summed E-state index contributed by atoms with van der Waals surface area (Å²) in [6, 6.07) is 24.1. The molecule has 0 radical (unpaired) electrons. The van der Waals surface area contributed by atoms with Crippen LogP contribution in [0.4, 0.5) is 0 Å². The number of hydrogen-bond donors (Lipinski definition) is 1. The van der Waals surface area contributed by atoms with Crippen LogP contribution in [0.25, 0.3) is 0 Å². The van der Waals surface area contributed by atoms with E-state index in [1.807, 2.05) is 44.4 Å². The molecule has 1 aliphatic rings. The van der Waals surface area contributed by atoms with Crippen LogP contribution in [0.5, 0.6) is 17.2 Å². The van der Waals surface area contributed by atoms with Gasteiger partial charge in [0.15, 0.2) is 0 Å². The molecular weight excluding hydrogens is 362 g/mol. The van der Waals surface area contributed by atoms with Crippen LogP contribution in [0.1, 0.15) is 28.5 Å². The minimum absolute atomic E-state index is 0.101. The third-order valence-corrected chi connectivity index (χ3v) is 5.42. The lowest BCUT2D eigenvalue weighted by atomic mass is 9.76. The van der Waals surface area contributed by atoms with Crippen LogP contribution in [-0.4, -0.2) is 43.9 Å². The summed E-state index contributed by atoms with van der Waals surface area (Å²) in [7, 11) is 4.07. The minimum Gasteiger partial charge on any atom is -0.508 e. The van der Waals surface area contributed by atoms with Crippen molar-refractivity contribution in [1.29, 1.82) is 0 Å². The summed E-state index contributed by atoms with van der Waals surface area (Å²) >= 11 is 0. The summed E-state index contributed by atoms with van der Waals surface area (Å²) in [4.78, 5) is 2.10. The number of benzene rings is 3. The molecular formula is C25H27NO3. The molecule has 0 unspecified atom stereocenters. The molecule has 4 heteroatoms. The largest absolute Gasteiger partial charge is 0.508 e. The summed E-state index contributed by atoms with van der Waals surface area (Å²) in [6.45, 7) is 2.14. The van der Waals surface area contributed by atoms with E-state index in [1.54, 1.807) is 6.07 Å². The van der Waals surface area contributed by atoms with Gasteiger partial charge in [0.25, 0.3) is 0 Å². The number of phenols is 1. The molecule has 0 spiro atoms. The predicted octanol–water partition coefficient (Wildman–Crippen LogP) is 4.64. The average Bonchev–Trinajstić information content (AvgIpc) is 2.74. The highest BCUT2D eigenvalue weighted by Gasteiger charge is 2.33. The van der Waals surface area contributed by atoms with Crippen molar-refractivity contribution in [3.63, 3.8) is 0 Å². The van der Waals surface area contributed by atoms with E-state index in [1.165, 1.54) is 11.1 Å². The zero-order chi connectivity index (χ0) is 20.2. The van der Waals surface area contributed by atoms with Gasteiger partial charge < -0.3 is 19.5 Å². The molecule has 0 aliphatic carbocycles. The molecule has 0 aromatic heterocycles. The molecule has 1 heterocycles. The van der Waals surface area contributed by atoms with Crippen LogP contribution in [0.3, 0.4) is 0 Å². The predicted molar refractivity (Wildman–Crippen MR) is 115 cm³/mol. The number of aromatic hydroxyl groups is 1. The van der Waals surface area contributed by atoms with Gasteiger partial charge in [-0.05, 0) is 55.6 Å². The molecule has 4 nitrogen and oxygen atoms in total. The molecule has 3 aromatic carbocycles. The fourth-order valence-corrected chi connectivity index (χ4v) is 3.92. The highest BCUT2D eigenvalue weighted by Crippen LogP contribution is 2.47. The Kier molecular flexibility index (Phi) is 5.72. The highest BCUT2D eigenvalue weighted by atomic mass is 16.5. The fraction of sp³-hybridized carbons (Fsp3) is 0.280. The molecule has 0 fully saturated rings. The van der Waals surface area contributed by atoms with Crippen molar-refractivity contribution in [1.82, 2.24) is 4.90 Å². The van der Waals surface area contributed by atoms with Gasteiger partial charge in [0, 0.05) is 23.9 Å². The van der Waals surface area contributed by atoms with Gasteiger partial charge in [0.05, 0.1) is 6.61 Å². The van der Waals surface area contributed by atoms with Crippen molar-refractivity contribution >= 4 is 0 Å². The van der Waals surface area contributed by atoms with Gasteiger partial charge in [-0.3, -0.25) is 0 Å². The second-order valence-electron chi connectivity index (χ2n) is 7.75. The third kappa shape index (κ3) is 4.38. The van der Waals surface area contributed by atoms with E-state index in [0.717, 1.165) is 23.6 Å². The van der Waals surface area contributed by atoms with Crippen molar-refractivity contribution in [3.05, 3.63) is 89.5 Å². The lowest BCUT2D eigenvalue weighted by molar-refractivity contribution is 0.248. The maximum atomic E-state index is 10.1. The Hall–Kier alpha value is -2.98. The molecule has 2 atom stereocenters. The summed E-state index contributed by atoms with van der Waals surface area (Å²) in [5.74, 6) is 2.24. The van der Waals surface area contributed by atoms with Crippen molar-refractivity contribution in [3.8, 4) is 17.2 Å². The Balaban J connectivity index is 1.67. The van der Waals surface area contributed by atoms with Crippen molar-refractivity contribution in [2.75, 3.05) is 33.9 Å². The standard InChI is InChI=1S/C25H27NO3/c1-26(2)14-15-28-21-11-8-19(9-12-21)25-22-16-20(27)10-13-24(22)29-17-23(25)18-6-4-3-5-7-18/h3-13,16,23,25,27H,14-15,17H2,1-2H3/t23-,25+/m0/s1. The zero-order valence-corrected chi connectivity index (χ0v) is 16.9. The second kappa shape index (κ2) is 8.58. The van der Waals surface area contributed by atoms with Crippen LogP contribution in [0, 0.1) is 0 Å². The van der Waals surface area contributed by atoms with E-state index in [0.29, 0.717) is 13.2 Å². The number of likely N-dealkylation sites (N-methyl/N-ethyl adjacent to an activating group) is 1. The number of fused-ring (bicyclic) bond motifs is 1. The van der Waals surface area contributed by atoms with E-state index in [4.69, 9.17) is 9.47 Å². The lowest BCUT2D eigenvalue weighted by Gasteiger charge is -2.34. The zero-order valence-electron chi connectivity index (χ0n) is 16.9. The Labute approximate surface area is 172 Å². The summed E-state index contributed by atoms with van der Waals surface area (Å²) in [5, 5.41) is 10.1. The maximum absolute atomic E-state index is 10.1. The average molecular weight is 389 g/mol. The molecule has 0 saturated heterocycles. The first kappa shape index (κ1) is 19.3. The van der Waals surface area contributed by atoms with Crippen LogP contribution < -0.4 is 9.47 Å². The smallest absolute Gasteiger partial charge is 0.123 e. The first-order chi connectivity index (χ1) is 14.1. The van der Waals surface area contributed by atoms with E-state index in [2.05, 4.69) is 41.3 Å². The molecule has 150 valence electrons. The van der Waals surface area contributed by atoms with Crippen molar-refractivity contribution < 1.29 is 14.6 Å². The van der Waals surface area contributed by atoms with Crippen LogP contribution >= 0.6 is 0 Å². The van der Waals surface area contributed by atoms with Gasteiger partial charge in [0.1, 0.15) is 23.9 Å². The lowest BCUT2D eigenvalue weighted by Crippen LogP contribution is -2.25. The normalized spacial score (nSPS) is 18.2. The van der Waals surface area contributed by atoms with E-state index >= 15 is 0 Å². The third-order valence-electron chi connectivity index (χ3n) is 5.42. The van der Waals surface area contributed by atoms with Gasteiger partial charge in [-0.2, -0.15) is 0 Å². The Morgan fingerprint density at radius 1 is 0.966 bits per heavy atom. The number of hydrogen-bond acceptors (Lipinski definition) is 4. The van der Waals surface area contributed by atoms with Crippen LogP contribution in [-0.2, 0) is 0 Å². The number of ether oxygens (including phenoxy) is 2. The van der Waals surface area contributed by atoms with Gasteiger partial charge in [-0.15, -0.1) is 0 Å². The Morgan fingerprint density at radius 2 is 1.72 bits per heavy atom. The van der Waals surface area contributed by atoms with E-state index in [9.17, 15) is 5.11 Å². The van der Waals surface area contributed by atoms with Gasteiger partial charge >= 0.3 is 0 Å². The first-order valence-corrected chi connectivity index (χ1v) is 10.00. The second-order valence-corrected chi connectivity index (χ2v) is 7.75. The monoisotopic (exact) mass is 389 g/mol. The molecule has 0 bridgehead atoms. The molecule has 3 aromatic rings. The molecule has 1 N–H and O–H groups in total. The Morgan fingerprint density at radius 3 is 2.45 bits per heavy atom. The number of nitrogens with zero attached hydrogens (tertiary/aromatic N) is 1. The van der Waals surface area contributed by atoms with Gasteiger partial charge in [0.2, 0.25) is 0 Å². The quantitative estimate of drug-likeness (QED) is 0.667. The molecule has 1 aliphatic heterocycles. The van der Waals surface area contributed by atoms with Gasteiger partial charge in [-0.25, -0.2) is 0 Å². The number of phenolic OH excluding ortho intramolecular Hbond substituents is 1. The summed E-state index contributed by atoms with van der Waals surface area (Å²) in [6.07, 6.45) is 0. The van der Waals surface area contributed by atoms with Crippen LogP contribution in [0.15, 0.2) is 72.8 Å². The molecule has 29 heavy (non-hydrogen) atoms. The SMILES string of the molecule is CN(C)CCOc1ccc([C@@H]2c3cc(O)ccc3OC[C@H]2c2ccccc2)cc1. The summed E-state index contributed by atoms with van der Waals surface area (Å²) in [5.41, 5.74) is 3.44. The highest BCUT2D eigenvalue weighted by molar-refractivity contribution is 5.51. The van der Waals surface area contributed by atoms with E-state index < -0.39 is 0 Å². The van der Waals surface area contributed by atoms with Gasteiger partial charge in [-0.1, -0.05) is 42.5 Å². The maximum Gasteiger partial charge on any atom is 0.123 e. The van der Waals surface area contributed by atoms with Crippen LogP contribution in [0.2, 0.25) is 0 Å². The Bertz CT molecular complexity index is 938. The molecule has 0 saturated carbocycles. The number of rotatable bonds is 6.